The molecule has 0 heterocycles. The van der Waals surface area contributed by atoms with E-state index in [1.54, 1.807) is 33.3 Å². The van der Waals surface area contributed by atoms with Crippen molar-refractivity contribution in [3.63, 3.8) is 0 Å². The second kappa shape index (κ2) is 6.81. The van der Waals surface area contributed by atoms with Crippen molar-refractivity contribution in [2.75, 3.05) is 14.2 Å². The summed E-state index contributed by atoms with van der Waals surface area (Å²) >= 11 is 6.38. The fourth-order valence-electron chi connectivity index (χ4n) is 2.24. The summed E-state index contributed by atoms with van der Waals surface area (Å²) in [6.07, 6.45) is 0.516. The van der Waals surface area contributed by atoms with Gasteiger partial charge in [-0.2, -0.15) is 0 Å². The van der Waals surface area contributed by atoms with Crippen molar-refractivity contribution in [3.05, 3.63) is 58.9 Å². The molecule has 21 heavy (non-hydrogen) atoms. The molecule has 2 nitrogen and oxygen atoms in total. The monoisotopic (exact) mass is 308 g/mol. The average Bonchev–Trinajstić information content (AvgIpc) is 2.49. The molecule has 0 aliphatic carbocycles. The minimum Gasteiger partial charge on any atom is -0.493 e. The van der Waals surface area contributed by atoms with E-state index < -0.39 is 5.38 Å². The van der Waals surface area contributed by atoms with Crippen LogP contribution in [0.5, 0.6) is 11.5 Å². The molecule has 0 saturated heterocycles. The number of hydrogen-bond acceptors (Lipinski definition) is 2. The lowest BCUT2D eigenvalue weighted by molar-refractivity contribution is 0.354. The van der Waals surface area contributed by atoms with E-state index in [9.17, 15) is 4.39 Å². The van der Waals surface area contributed by atoms with Gasteiger partial charge < -0.3 is 9.47 Å². The highest BCUT2D eigenvalue weighted by molar-refractivity contribution is 6.21. The summed E-state index contributed by atoms with van der Waals surface area (Å²) in [6, 6.07) is 10.9. The van der Waals surface area contributed by atoms with Crippen LogP contribution in [0.4, 0.5) is 4.39 Å². The molecule has 0 aliphatic heterocycles. The van der Waals surface area contributed by atoms with Gasteiger partial charge >= 0.3 is 0 Å². The van der Waals surface area contributed by atoms with E-state index in [-0.39, 0.29) is 5.82 Å². The lowest BCUT2D eigenvalue weighted by atomic mass is 10.0. The van der Waals surface area contributed by atoms with Gasteiger partial charge in [0.25, 0.3) is 0 Å². The molecule has 0 aromatic heterocycles. The number of aryl methyl sites for hydroxylation is 1. The Morgan fingerprint density at radius 1 is 1.10 bits per heavy atom. The fraction of sp³-hybridized carbons (Fsp3) is 0.294. The van der Waals surface area contributed by atoms with E-state index >= 15 is 0 Å². The number of rotatable bonds is 5. The highest BCUT2D eigenvalue weighted by Gasteiger charge is 2.16. The summed E-state index contributed by atoms with van der Waals surface area (Å²) in [5.74, 6) is 1.07. The molecule has 0 amide bonds. The van der Waals surface area contributed by atoms with Crippen LogP contribution in [-0.4, -0.2) is 14.2 Å². The van der Waals surface area contributed by atoms with Gasteiger partial charge in [-0.15, -0.1) is 11.6 Å². The highest BCUT2D eigenvalue weighted by atomic mass is 35.5. The topological polar surface area (TPSA) is 18.5 Å². The maximum atomic E-state index is 14.1. The smallest absolute Gasteiger partial charge is 0.160 e. The molecule has 112 valence electrons. The third-order valence-electron chi connectivity index (χ3n) is 3.42. The van der Waals surface area contributed by atoms with E-state index in [1.807, 2.05) is 24.3 Å². The van der Waals surface area contributed by atoms with Crippen LogP contribution in [0.1, 0.15) is 22.1 Å². The van der Waals surface area contributed by atoms with E-state index in [4.69, 9.17) is 21.1 Å². The molecular formula is C17H18ClFO2. The first kappa shape index (κ1) is 15.6. The predicted octanol–water partition coefficient (Wildman–Crippen LogP) is 4.67. The van der Waals surface area contributed by atoms with Crippen LogP contribution in [0, 0.1) is 12.7 Å². The zero-order valence-corrected chi connectivity index (χ0v) is 13.1. The van der Waals surface area contributed by atoms with Crippen LogP contribution >= 0.6 is 11.6 Å². The van der Waals surface area contributed by atoms with Gasteiger partial charge in [0, 0.05) is 5.56 Å². The van der Waals surface area contributed by atoms with E-state index in [1.165, 1.54) is 0 Å². The van der Waals surface area contributed by atoms with Crippen LogP contribution in [-0.2, 0) is 6.42 Å². The van der Waals surface area contributed by atoms with Gasteiger partial charge in [0.1, 0.15) is 5.82 Å². The van der Waals surface area contributed by atoms with Gasteiger partial charge in [-0.25, -0.2) is 4.39 Å². The third kappa shape index (κ3) is 3.48. The largest absolute Gasteiger partial charge is 0.493 e. The maximum Gasteiger partial charge on any atom is 0.160 e. The second-order valence-electron chi connectivity index (χ2n) is 4.84. The number of halogens is 2. The average molecular weight is 309 g/mol. The molecule has 0 radical (unpaired) electrons. The first-order valence-corrected chi connectivity index (χ1v) is 7.10. The van der Waals surface area contributed by atoms with Gasteiger partial charge in [0.05, 0.1) is 19.6 Å². The molecule has 2 aromatic rings. The Hall–Kier alpha value is -1.74. The molecular weight excluding hydrogens is 291 g/mol. The molecule has 1 unspecified atom stereocenters. The zero-order valence-electron chi connectivity index (χ0n) is 12.3. The quantitative estimate of drug-likeness (QED) is 0.747. The molecule has 4 heteroatoms. The van der Waals surface area contributed by atoms with Crippen LogP contribution in [0.25, 0.3) is 0 Å². The normalized spacial score (nSPS) is 12.0. The Kier molecular flexibility index (Phi) is 5.07. The lowest BCUT2D eigenvalue weighted by Gasteiger charge is -2.14. The van der Waals surface area contributed by atoms with Crippen LogP contribution in [0.3, 0.4) is 0 Å². The minimum absolute atomic E-state index is 0.238. The molecule has 1 atom stereocenters. The molecule has 2 rings (SSSR count). The van der Waals surface area contributed by atoms with Crippen LogP contribution in [0.2, 0.25) is 0 Å². The first-order chi connectivity index (χ1) is 10.1. The molecule has 2 aromatic carbocycles. The summed E-state index contributed by atoms with van der Waals surface area (Å²) < 4.78 is 24.6. The summed E-state index contributed by atoms with van der Waals surface area (Å²) in [7, 11) is 3.17. The van der Waals surface area contributed by atoms with Gasteiger partial charge in [-0.05, 0) is 36.6 Å². The van der Waals surface area contributed by atoms with Crippen molar-refractivity contribution < 1.29 is 13.9 Å². The van der Waals surface area contributed by atoms with Crippen LogP contribution in [0.15, 0.2) is 36.4 Å². The van der Waals surface area contributed by atoms with Crippen LogP contribution < -0.4 is 9.47 Å². The Labute approximate surface area is 129 Å². The Bertz CT molecular complexity index is 628. The highest BCUT2D eigenvalue weighted by Crippen LogP contribution is 2.32. The number of methoxy groups -OCH3 is 2. The van der Waals surface area contributed by atoms with Crippen molar-refractivity contribution >= 4 is 11.6 Å². The van der Waals surface area contributed by atoms with Crippen molar-refractivity contribution in [1.29, 1.82) is 0 Å². The molecule has 0 saturated carbocycles. The lowest BCUT2D eigenvalue weighted by Crippen LogP contribution is -2.01. The van der Waals surface area contributed by atoms with Crippen molar-refractivity contribution in [1.82, 2.24) is 0 Å². The van der Waals surface area contributed by atoms with Gasteiger partial charge in [0.15, 0.2) is 11.5 Å². The minimum atomic E-state index is -0.428. The van der Waals surface area contributed by atoms with E-state index in [2.05, 4.69) is 0 Å². The van der Waals surface area contributed by atoms with Gasteiger partial charge in [0.2, 0.25) is 0 Å². The summed E-state index contributed by atoms with van der Waals surface area (Å²) in [6.45, 7) is 1.73. The number of benzene rings is 2. The Morgan fingerprint density at radius 2 is 1.81 bits per heavy atom. The van der Waals surface area contributed by atoms with Crippen molar-refractivity contribution in [2.45, 2.75) is 18.7 Å². The fourth-order valence-corrected chi connectivity index (χ4v) is 2.58. The summed E-state index contributed by atoms with van der Waals surface area (Å²) in [5.41, 5.74) is 2.09. The Balaban J connectivity index is 2.23. The van der Waals surface area contributed by atoms with Gasteiger partial charge in [-0.1, -0.05) is 24.3 Å². The first-order valence-electron chi connectivity index (χ1n) is 6.66. The third-order valence-corrected chi connectivity index (χ3v) is 3.81. The molecule has 0 bridgehead atoms. The molecule has 0 fully saturated rings. The van der Waals surface area contributed by atoms with Crippen molar-refractivity contribution in [3.8, 4) is 11.5 Å². The molecule has 0 spiro atoms. The molecule has 0 aliphatic rings. The number of alkyl halides is 1. The Morgan fingerprint density at radius 3 is 2.48 bits per heavy atom. The number of ether oxygens (including phenoxy) is 2. The SMILES string of the molecule is COc1ccc(CC(Cl)c2cccc(C)c2F)cc1OC. The standard InChI is InChI=1S/C17H18ClFO2/c1-11-5-4-6-13(17(11)19)14(18)9-12-7-8-15(20-2)16(10-12)21-3/h4-8,10,14H,9H2,1-3H3. The molecule has 0 N–H and O–H groups in total. The number of hydrogen-bond donors (Lipinski definition) is 0. The van der Waals surface area contributed by atoms with E-state index in [0.717, 1.165) is 5.56 Å². The van der Waals surface area contributed by atoms with Crippen molar-refractivity contribution in [2.24, 2.45) is 0 Å². The summed E-state index contributed by atoms with van der Waals surface area (Å²) in [4.78, 5) is 0. The van der Waals surface area contributed by atoms with E-state index in [0.29, 0.717) is 29.0 Å². The maximum absolute atomic E-state index is 14.1. The summed E-state index contributed by atoms with van der Waals surface area (Å²) in [5, 5.41) is -0.428. The zero-order chi connectivity index (χ0) is 15.4. The predicted molar refractivity (Wildman–Crippen MR) is 83.0 cm³/mol. The van der Waals surface area contributed by atoms with Gasteiger partial charge in [-0.3, -0.25) is 0 Å². The second-order valence-corrected chi connectivity index (χ2v) is 5.37.